The Bertz CT molecular complexity index is 917. The third-order valence-electron chi connectivity index (χ3n) is 3.45. The van der Waals surface area contributed by atoms with E-state index in [1.165, 1.54) is 31.8 Å². The van der Waals surface area contributed by atoms with Gasteiger partial charge in [0.25, 0.3) is 0 Å². The van der Waals surface area contributed by atoms with Gasteiger partial charge < -0.3 is 14.2 Å². The van der Waals surface area contributed by atoms with Crippen molar-refractivity contribution in [1.82, 2.24) is 14.6 Å². The number of ether oxygens (including phenoxy) is 3. The third kappa shape index (κ3) is 3.81. The second kappa shape index (κ2) is 7.76. The monoisotopic (exact) mass is 393 g/mol. The predicted molar refractivity (Wildman–Crippen MR) is 98.4 cm³/mol. The van der Waals surface area contributed by atoms with Gasteiger partial charge in [0.05, 0.1) is 31.6 Å². The van der Waals surface area contributed by atoms with Gasteiger partial charge >= 0.3 is 5.97 Å². The molecule has 2 aromatic heterocycles. The second-order valence-electron chi connectivity index (χ2n) is 5.27. The lowest BCUT2D eigenvalue weighted by Gasteiger charge is -2.11. The lowest BCUT2D eigenvalue weighted by atomic mass is 10.3. The molecule has 3 rings (SSSR count). The molecular weight excluding hydrogens is 378 g/mol. The number of carbonyl (C=O) groups is 1. The van der Waals surface area contributed by atoms with E-state index in [9.17, 15) is 4.79 Å². The van der Waals surface area contributed by atoms with E-state index in [4.69, 9.17) is 25.8 Å². The van der Waals surface area contributed by atoms with Gasteiger partial charge in [0.15, 0.2) is 11.9 Å². The Kier molecular flexibility index (Phi) is 5.43. The van der Waals surface area contributed by atoms with Crippen LogP contribution in [0.2, 0.25) is 5.02 Å². The topological polar surface area (TPSA) is 75.0 Å². The molecule has 0 bridgehead atoms. The Hall–Kier alpha value is -2.58. The highest BCUT2D eigenvalue weighted by molar-refractivity contribution is 7.18. The maximum absolute atomic E-state index is 11.9. The van der Waals surface area contributed by atoms with E-state index in [-0.39, 0.29) is 6.10 Å². The van der Waals surface area contributed by atoms with Gasteiger partial charge in [0.1, 0.15) is 11.3 Å². The van der Waals surface area contributed by atoms with Crippen molar-refractivity contribution in [2.75, 3.05) is 14.2 Å². The lowest BCUT2D eigenvalue weighted by Crippen LogP contribution is -2.06. The number of rotatable bonds is 6. The largest absolute Gasteiger partial charge is 0.503 e. The molecule has 0 saturated carbocycles. The van der Waals surface area contributed by atoms with Crippen molar-refractivity contribution < 1.29 is 19.0 Å². The molecule has 0 fully saturated rings. The molecule has 0 N–H and O–H groups in total. The van der Waals surface area contributed by atoms with Crippen LogP contribution in [0, 0.1) is 0 Å². The normalized spacial score (nSPS) is 12.8. The van der Waals surface area contributed by atoms with Crippen LogP contribution in [-0.4, -0.2) is 34.8 Å². The van der Waals surface area contributed by atoms with Crippen molar-refractivity contribution >= 4 is 39.4 Å². The van der Waals surface area contributed by atoms with Crippen molar-refractivity contribution in [3.8, 4) is 5.75 Å². The van der Waals surface area contributed by atoms with Crippen molar-refractivity contribution in [1.29, 1.82) is 0 Å². The van der Waals surface area contributed by atoms with Gasteiger partial charge in [0, 0.05) is 5.02 Å². The van der Waals surface area contributed by atoms with Crippen LogP contribution >= 0.6 is 22.9 Å². The summed E-state index contributed by atoms with van der Waals surface area (Å²) in [5.41, 5.74) is 0.305. The summed E-state index contributed by atoms with van der Waals surface area (Å²) in [7, 11) is 2.78. The van der Waals surface area contributed by atoms with Crippen LogP contribution in [0.1, 0.15) is 23.7 Å². The molecule has 0 amide bonds. The van der Waals surface area contributed by atoms with Gasteiger partial charge in [0.2, 0.25) is 4.96 Å². The van der Waals surface area contributed by atoms with Gasteiger partial charge in [-0.1, -0.05) is 22.9 Å². The molecule has 7 nitrogen and oxygen atoms in total. The molecule has 3 aromatic rings. The van der Waals surface area contributed by atoms with E-state index < -0.39 is 5.97 Å². The zero-order valence-corrected chi connectivity index (χ0v) is 15.9. The maximum Gasteiger partial charge on any atom is 0.342 e. The molecule has 1 unspecified atom stereocenters. The average molecular weight is 394 g/mol. The van der Waals surface area contributed by atoms with Crippen LogP contribution in [-0.2, 0) is 14.3 Å². The van der Waals surface area contributed by atoms with Gasteiger partial charge in [-0.25, -0.2) is 9.31 Å². The van der Waals surface area contributed by atoms with E-state index in [0.717, 1.165) is 0 Å². The summed E-state index contributed by atoms with van der Waals surface area (Å²) in [6, 6.07) is 7.08. The van der Waals surface area contributed by atoms with Crippen molar-refractivity contribution in [3.05, 3.63) is 52.4 Å². The van der Waals surface area contributed by atoms with Crippen molar-refractivity contribution in [2.45, 2.75) is 13.0 Å². The number of hydrogen-bond acceptors (Lipinski definition) is 7. The molecule has 9 heteroatoms. The minimum absolute atomic E-state index is 0.305. The molecule has 136 valence electrons. The molecule has 0 spiro atoms. The molecule has 26 heavy (non-hydrogen) atoms. The van der Waals surface area contributed by atoms with E-state index in [1.54, 1.807) is 35.0 Å². The molecule has 2 heterocycles. The molecule has 0 aliphatic heterocycles. The standard InChI is InChI=1S/C17H16ClN3O4S/c1-10(25-12-6-4-11(18)5-7-12)15-19-17-21(20-15)8-14(26-17)13(9-23-2)16(22)24-3/h4-10H,1-3H3/b13-9-. The van der Waals surface area contributed by atoms with Crippen molar-refractivity contribution in [2.24, 2.45) is 0 Å². The molecule has 1 aromatic carbocycles. The molecule has 0 saturated heterocycles. The number of nitrogens with zero attached hydrogens (tertiary/aromatic N) is 3. The Morgan fingerprint density at radius 2 is 2.04 bits per heavy atom. The summed E-state index contributed by atoms with van der Waals surface area (Å²) < 4.78 is 17.2. The third-order valence-corrected chi connectivity index (χ3v) is 4.71. The second-order valence-corrected chi connectivity index (χ2v) is 6.71. The van der Waals surface area contributed by atoms with Crippen LogP contribution in [0.15, 0.2) is 36.7 Å². The SMILES string of the molecule is CO/C=C(\C(=O)OC)c1cn2nc(C(C)Oc3ccc(Cl)cc3)nc2s1. The first kappa shape index (κ1) is 18.2. The molecular formula is C17H16ClN3O4S. The first-order chi connectivity index (χ1) is 12.5. The van der Waals surface area contributed by atoms with Crippen LogP contribution in [0.4, 0.5) is 0 Å². The van der Waals surface area contributed by atoms with Gasteiger partial charge in [-0.05, 0) is 31.2 Å². The fraction of sp³-hybridized carbons (Fsp3) is 0.235. The average Bonchev–Trinajstić information content (AvgIpc) is 3.20. The van der Waals surface area contributed by atoms with E-state index >= 15 is 0 Å². The van der Waals surface area contributed by atoms with Crippen LogP contribution < -0.4 is 4.74 Å². The van der Waals surface area contributed by atoms with E-state index in [0.29, 0.717) is 32.0 Å². The Balaban J connectivity index is 1.82. The highest BCUT2D eigenvalue weighted by Crippen LogP contribution is 2.27. The smallest absolute Gasteiger partial charge is 0.342 e. The summed E-state index contributed by atoms with van der Waals surface area (Å²) in [6.07, 6.45) is 2.69. The van der Waals surface area contributed by atoms with E-state index in [2.05, 4.69) is 10.1 Å². The number of fused-ring (bicyclic) bond motifs is 1. The number of carbonyl (C=O) groups excluding carboxylic acids is 1. The Morgan fingerprint density at radius 1 is 1.31 bits per heavy atom. The highest BCUT2D eigenvalue weighted by atomic mass is 35.5. The van der Waals surface area contributed by atoms with E-state index in [1.807, 2.05) is 6.92 Å². The summed E-state index contributed by atoms with van der Waals surface area (Å²) in [4.78, 5) is 17.6. The van der Waals surface area contributed by atoms with Crippen molar-refractivity contribution in [3.63, 3.8) is 0 Å². The molecule has 0 aliphatic carbocycles. The first-order valence-electron chi connectivity index (χ1n) is 7.61. The number of benzene rings is 1. The van der Waals surface area contributed by atoms with Gasteiger partial charge in [-0.3, -0.25) is 0 Å². The lowest BCUT2D eigenvalue weighted by molar-refractivity contribution is -0.133. The first-order valence-corrected chi connectivity index (χ1v) is 8.81. The predicted octanol–water partition coefficient (Wildman–Crippen LogP) is 3.74. The Morgan fingerprint density at radius 3 is 2.65 bits per heavy atom. The molecule has 1 atom stereocenters. The zero-order chi connectivity index (χ0) is 18.7. The summed E-state index contributed by atoms with van der Waals surface area (Å²) in [6.45, 7) is 1.86. The quantitative estimate of drug-likeness (QED) is 0.361. The molecule has 0 aliphatic rings. The minimum atomic E-state index is -0.490. The summed E-state index contributed by atoms with van der Waals surface area (Å²) >= 11 is 7.17. The van der Waals surface area contributed by atoms with Crippen LogP contribution in [0.5, 0.6) is 5.75 Å². The fourth-order valence-electron chi connectivity index (χ4n) is 2.22. The van der Waals surface area contributed by atoms with Crippen LogP contribution in [0.25, 0.3) is 10.5 Å². The summed E-state index contributed by atoms with van der Waals surface area (Å²) in [5.74, 6) is 0.723. The summed E-state index contributed by atoms with van der Waals surface area (Å²) in [5, 5.41) is 5.06. The maximum atomic E-state index is 11.9. The van der Waals surface area contributed by atoms with Crippen LogP contribution in [0.3, 0.4) is 0 Å². The zero-order valence-electron chi connectivity index (χ0n) is 14.3. The number of halogens is 1. The number of aromatic nitrogens is 3. The number of methoxy groups -OCH3 is 2. The molecule has 0 radical (unpaired) electrons. The fourth-order valence-corrected chi connectivity index (χ4v) is 3.26. The highest BCUT2D eigenvalue weighted by Gasteiger charge is 2.20. The Labute approximate surface area is 158 Å². The van der Waals surface area contributed by atoms with Gasteiger partial charge in [-0.2, -0.15) is 4.98 Å². The number of thiazole rings is 1. The van der Waals surface area contributed by atoms with Gasteiger partial charge in [-0.15, -0.1) is 5.10 Å². The number of esters is 1. The number of hydrogen-bond donors (Lipinski definition) is 0. The minimum Gasteiger partial charge on any atom is -0.503 e.